The monoisotopic (exact) mass is 293 g/mol. The van der Waals surface area contributed by atoms with E-state index in [4.69, 9.17) is 0 Å². The molecular formula is C16H24FN3O. The number of amides is 1. The first-order valence-electron chi connectivity index (χ1n) is 7.60. The lowest BCUT2D eigenvalue weighted by molar-refractivity contribution is -0.117. The molecule has 4 nitrogen and oxygen atoms in total. The van der Waals surface area contributed by atoms with Gasteiger partial charge in [-0.25, -0.2) is 4.39 Å². The van der Waals surface area contributed by atoms with Crippen LogP contribution in [0.25, 0.3) is 0 Å². The van der Waals surface area contributed by atoms with Gasteiger partial charge < -0.3 is 10.6 Å². The molecule has 1 aliphatic rings. The van der Waals surface area contributed by atoms with Gasteiger partial charge in [-0.3, -0.25) is 9.69 Å². The first-order valence-corrected chi connectivity index (χ1v) is 7.60. The summed E-state index contributed by atoms with van der Waals surface area (Å²) >= 11 is 0. The molecule has 0 aromatic heterocycles. The van der Waals surface area contributed by atoms with Gasteiger partial charge >= 0.3 is 0 Å². The highest BCUT2D eigenvalue weighted by atomic mass is 19.1. The largest absolute Gasteiger partial charge is 0.325 e. The number of hydrogen-bond donors (Lipinski definition) is 2. The van der Waals surface area contributed by atoms with Gasteiger partial charge in [-0.15, -0.1) is 0 Å². The van der Waals surface area contributed by atoms with Gasteiger partial charge in [-0.05, 0) is 76.1 Å². The van der Waals surface area contributed by atoms with E-state index in [1.54, 1.807) is 12.1 Å². The number of likely N-dealkylation sites (tertiary alicyclic amines) is 1. The molecule has 1 fully saturated rings. The molecule has 0 bridgehead atoms. The molecule has 0 atom stereocenters. The average Bonchev–Trinajstić information content (AvgIpc) is 2.49. The number of benzene rings is 1. The minimum absolute atomic E-state index is 0.0321. The standard InChI is InChI=1S/C16H24FN3O/c1-18-9-6-13-7-10-20(11-8-13)12-16(21)19-15-4-2-14(17)3-5-15/h2-5,13,18H,6-12H2,1H3,(H,19,21). The summed E-state index contributed by atoms with van der Waals surface area (Å²) in [4.78, 5) is 14.2. The highest BCUT2D eigenvalue weighted by Gasteiger charge is 2.20. The van der Waals surface area contributed by atoms with Crippen LogP contribution in [-0.2, 0) is 4.79 Å². The summed E-state index contributed by atoms with van der Waals surface area (Å²) in [6.07, 6.45) is 3.53. The molecule has 2 rings (SSSR count). The molecule has 1 heterocycles. The van der Waals surface area contributed by atoms with Gasteiger partial charge in [0.25, 0.3) is 0 Å². The first-order chi connectivity index (χ1) is 10.2. The number of carbonyl (C=O) groups excluding carboxylic acids is 1. The van der Waals surface area contributed by atoms with E-state index in [2.05, 4.69) is 15.5 Å². The summed E-state index contributed by atoms with van der Waals surface area (Å²) in [6.45, 7) is 3.43. The van der Waals surface area contributed by atoms with E-state index in [0.29, 0.717) is 12.2 Å². The number of piperidine rings is 1. The number of carbonyl (C=O) groups is 1. The zero-order valence-corrected chi connectivity index (χ0v) is 12.6. The molecule has 21 heavy (non-hydrogen) atoms. The summed E-state index contributed by atoms with van der Waals surface area (Å²) in [5.74, 6) is 0.445. The second-order valence-electron chi connectivity index (χ2n) is 5.67. The molecule has 1 aromatic carbocycles. The van der Waals surface area contributed by atoms with Gasteiger partial charge in [0, 0.05) is 5.69 Å². The quantitative estimate of drug-likeness (QED) is 0.844. The minimum Gasteiger partial charge on any atom is -0.325 e. The lowest BCUT2D eigenvalue weighted by atomic mass is 9.93. The summed E-state index contributed by atoms with van der Waals surface area (Å²) in [5, 5.41) is 5.99. The number of nitrogens with zero attached hydrogens (tertiary/aromatic N) is 1. The molecule has 5 heteroatoms. The Balaban J connectivity index is 1.70. The SMILES string of the molecule is CNCCC1CCN(CC(=O)Nc2ccc(F)cc2)CC1. The fourth-order valence-electron chi connectivity index (χ4n) is 2.72. The molecule has 0 saturated carbocycles. The third-order valence-electron chi connectivity index (χ3n) is 4.00. The van der Waals surface area contributed by atoms with Crippen LogP contribution in [-0.4, -0.2) is 44.0 Å². The Labute approximate surface area is 125 Å². The van der Waals surface area contributed by atoms with E-state index in [0.717, 1.165) is 38.4 Å². The van der Waals surface area contributed by atoms with Crippen molar-refractivity contribution in [3.05, 3.63) is 30.1 Å². The Bertz CT molecular complexity index is 441. The number of hydrogen-bond acceptors (Lipinski definition) is 3. The smallest absolute Gasteiger partial charge is 0.238 e. The maximum Gasteiger partial charge on any atom is 0.238 e. The van der Waals surface area contributed by atoms with Crippen molar-refractivity contribution < 1.29 is 9.18 Å². The summed E-state index contributed by atoms with van der Waals surface area (Å²) in [7, 11) is 1.98. The van der Waals surface area contributed by atoms with E-state index in [9.17, 15) is 9.18 Å². The summed E-state index contributed by atoms with van der Waals surface area (Å²) < 4.78 is 12.8. The normalized spacial score (nSPS) is 16.9. The summed E-state index contributed by atoms with van der Waals surface area (Å²) in [6, 6.07) is 5.86. The lowest BCUT2D eigenvalue weighted by Gasteiger charge is -2.31. The second kappa shape index (κ2) is 8.10. The van der Waals surface area contributed by atoms with Crippen molar-refractivity contribution in [1.82, 2.24) is 10.2 Å². The maximum atomic E-state index is 12.8. The van der Waals surface area contributed by atoms with Crippen LogP contribution in [0.15, 0.2) is 24.3 Å². The highest BCUT2D eigenvalue weighted by molar-refractivity contribution is 5.92. The molecule has 1 amide bonds. The van der Waals surface area contributed by atoms with Gasteiger partial charge in [0.1, 0.15) is 5.82 Å². The minimum atomic E-state index is -0.295. The van der Waals surface area contributed by atoms with Crippen molar-refractivity contribution in [3.63, 3.8) is 0 Å². The van der Waals surface area contributed by atoms with Crippen molar-refractivity contribution in [1.29, 1.82) is 0 Å². The number of rotatable bonds is 6. The van der Waals surface area contributed by atoms with Crippen LogP contribution in [0.1, 0.15) is 19.3 Å². The molecule has 2 N–H and O–H groups in total. The zero-order chi connectivity index (χ0) is 15.1. The van der Waals surface area contributed by atoms with Gasteiger partial charge in [0.2, 0.25) is 5.91 Å². The molecule has 0 aliphatic carbocycles. The van der Waals surface area contributed by atoms with E-state index >= 15 is 0 Å². The molecule has 1 saturated heterocycles. The average molecular weight is 293 g/mol. The number of halogens is 1. The highest BCUT2D eigenvalue weighted by Crippen LogP contribution is 2.19. The molecule has 0 radical (unpaired) electrons. The number of nitrogens with one attached hydrogen (secondary N) is 2. The Kier molecular flexibility index (Phi) is 6.14. The topological polar surface area (TPSA) is 44.4 Å². The fraction of sp³-hybridized carbons (Fsp3) is 0.562. The predicted octanol–water partition coefficient (Wildman–Crippen LogP) is 2.09. The van der Waals surface area contributed by atoms with Crippen molar-refractivity contribution >= 4 is 11.6 Å². The van der Waals surface area contributed by atoms with E-state index in [-0.39, 0.29) is 11.7 Å². The third kappa shape index (κ3) is 5.44. The van der Waals surface area contributed by atoms with E-state index in [1.165, 1.54) is 18.6 Å². The second-order valence-corrected chi connectivity index (χ2v) is 5.67. The van der Waals surface area contributed by atoms with Crippen LogP contribution in [0.3, 0.4) is 0 Å². The number of anilines is 1. The van der Waals surface area contributed by atoms with Crippen LogP contribution in [0.4, 0.5) is 10.1 Å². The van der Waals surface area contributed by atoms with Crippen LogP contribution >= 0.6 is 0 Å². The molecule has 0 unspecified atom stereocenters. The maximum absolute atomic E-state index is 12.8. The van der Waals surface area contributed by atoms with E-state index in [1.807, 2.05) is 7.05 Å². The Hall–Kier alpha value is -1.46. The molecule has 1 aromatic rings. The van der Waals surface area contributed by atoms with Crippen molar-refractivity contribution in [2.45, 2.75) is 19.3 Å². The Morgan fingerprint density at radius 3 is 2.57 bits per heavy atom. The van der Waals surface area contributed by atoms with Gasteiger partial charge in [0.05, 0.1) is 6.54 Å². The molecule has 1 aliphatic heterocycles. The Morgan fingerprint density at radius 1 is 1.29 bits per heavy atom. The van der Waals surface area contributed by atoms with Crippen molar-refractivity contribution in [2.24, 2.45) is 5.92 Å². The lowest BCUT2D eigenvalue weighted by Crippen LogP contribution is -2.39. The van der Waals surface area contributed by atoms with Gasteiger partial charge in [-0.2, -0.15) is 0 Å². The Morgan fingerprint density at radius 2 is 1.95 bits per heavy atom. The predicted molar refractivity (Wildman–Crippen MR) is 82.7 cm³/mol. The van der Waals surface area contributed by atoms with Crippen LogP contribution in [0, 0.1) is 11.7 Å². The molecule has 116 valence electrons. The van der Waals surface area contributed by atoms with Crippen LogP contribution < -0.4 is 10.6 Å². The van der Waals surface area contributed by atoms with Crippen LogP contribution in [0.2, 0.25) is 0 Å². The van der Waals surface area contributed by atoms with E-state index < -0.39 is 0 Å². The zero-order valence-electron chi connectivity index (χ0n) is 12.6. The summed E-state index contributed by atoms with van der Waals surface area (Å²) in [5.41, 5.74) is 0.644. The molecule has 0 spiro atoms. The fourth-order valence-corrected chi connectivity index (χ4v) is 2.72. The third-order valence-corrected chi connectivity index (χ3v) is 4.00. The van der Waals surface area contributed by atoms with Gasteiger partial charge in [0.15, 0.2) is 0 Å². The molecular weight excluding hydrogens is 269 g/mol. The van der Waals surface area contributed by atoms with Crippen molar-refractivity contribution in [2.75, 3.05) is 38.5 Å². The van der Waals surface area contributed by atoms with Crippen molar-refractivity contribution in [3.8, 4) is 0 Å². The van der Waals surface area contributed by atoms with Crippen LogP contribution in [0.5, 0.6) is 0 Å². The first kappa shape index (κ1) is 15.9. The van der Waals surface area contributed by atoms with Gasteiger partial charge in [-0.1, -0.05) is 0 Å².